The molecule has 0 fully saturated rings. The third-order valence-electron chi connectivity index (χ3n) is 4.13. The summed E-state index contributed by atoms with van der Waals surface area (Å²) in [5, 5.41) is 21.5. The second kappa shape index (κ2) is 9.85. The molecule has 0 saturated heterocycles. The summed E-state index contributed by atoms with van der Waals surface area (Å²) in [5.41, 5.74) is 1.60. The van der Waals surface area contributed by atoms with Gasteiger partial charge in [-0.3, -0.25) is 10.1 Å². The van der Waals surface area contributed by atoms with E-state index in [2.05, 4.69) is 29.4 Å². The zero-order valence-corrected chi connectivity index (χ0v) is 17.9. The van der Waals surface area contributed by atoms with Crippen molar-refractivity contribution in [2.45, 2.75) is 27.2 Å². The molecule has 0 aliphatic carbocycles. The summed E-state index contributed by atoms with van der Waals surface area (Å²) in [4.78, 5) is 12.6. The molecule has 30 heavy (non-hydrogen) atoms. The zero-order chi connectivity index (χ0) is 21.5. The number of hydrogen-bond donors (Lipinski definition) is 1. The van der Waals surface area contributed by atoms with E-state index < -0.39 is 5.91 Å². The number of carbonyl (C=O) groups is 1. The van der Waals surface area contributed by atoms with Crippen LogP contribution in [0.25, 0.3) is 11.8 Å². The third-order valence-corrected chi connectivity index (χ3v) is 4.99. The van der Waals surface area contributed by atoms with Gasteiger partial charge in [0.2, 0.25) is 5.13 Å². The fourth-order valence-electron chi connectivity index (χ4n) is 2.81. The Kier molecular flexibility index (Phi) is 6.99. The molecule has 0 atom stereocenters. The van der Waals surface area contributed by atoms with E-state index in [4.69, 9.17) is 4.74 Å². The molecule has 3 rings (SSSR count). The first-order valence-electron chi connectivity index (χ1n) is 9.66. The van der Waals surface area contributed by atoms with Crippen molar-refractivity contribution >= 4 is 28.5 Å². The molecule has 2 aromatic heterocycles. The number of benzene rings is 1. The maximum absolute atomic E-state index is 12.6. The van der Waals surface area contributed by atoms with Crippen LogP contribution in [0.15, 0.2) is 48.2 Å². The molecule has 0 saturated carbocycles. The molecule has 1 aromatic carbocycles. The minimum Gasteiger partial charge on any atom is -0.494 e. The number of hydrogen-bond acceptors (Lipinski definition) is 6. The van der Waals surface area contributed by atoms with Crippen LogP contribution in [0, 0.1) is 17.2 Å². The van der Waals surface area contributed by atoms with E-state index in [1.807, 2.05) is 60.2 Å². The van der Waals surface area contributed by atoms with Crippen molar-refractivity contribution in [1.29, 1.82) is 5.26 Å². The molecular weight excluding hydrogens is 398 g/mol. The highest BCUT2D eigenvalue weighted by Gasteiger charge is 2.14. The normalized spacial score (nSPS) is 11.4. The van der Waals surface area contributed by atoms with E-state index >= 15 is 0 Å². The Balaban J connectivity index is 1.78. The van der Waals surface area contributed by atoms with Gasteiger partial charge in [0.1, 0.15) is 22.4 Å². The Bertz CT molecular complexity index is 1070. The molecule has 2 heterocycles. The first-order chi connectivity index (χ1) is 14.5. The SMILES string of the molecule is CCOc1ccc(-n2cccc2C=C(C#N)C(=O)Nc2nnc(CC(C)C)s2)cc1. The molecule has 154 valence electrons. The van der Waals surface area contributed by atoms with Gasteiger partial charge in [0, 0.05) is 24.0 Å². The molecule has 8 heteroatoms. The number of nitrogens with zero attached hydrogens (tertiary/aromatic N) is 4. The molecular formula is C22H23N5O2S. The molecule has 1 N–H and O–H groups in total. The molecule has 0 spiro atoms. The highest BCUT2D eigenvalue weighted by molar-refractivity contribution is 7.15. The first kappa shape index (κ1) is 21.3. The van der Waals surface area contributed by atoms with Gasteiger partial charge in [-0.1, -0.05) is 25.2 Å². The topological polar surface area (TPSA) is 92.8 Å². The van der Waals surface area contributed by atoms with Crippen molar-refractivity contribution in [3.8, 4) is 17.5 Å². The van der Waals surface area contributed by atoms with Crippen molar-refractivity contribution in [1.82, 2.24) is 14.8 Å². The number of ether oxygens (including phenoxy) is 1. The molecule has 7 nitrogen and oxygen atoms in total. The Morgan fingerprint density at radius 2 is 2.07 bits per heavy atom. The second-order valence-corrected chi connectivity index (χ2v) is 8.01. The van der Waals surface area contributed by atoms with Crippen LogP contribution in [-0.2, 0) is 11.2 Å². The minimum atomic E-state index is -0.510. The van der Waals surface area contributed by atoms with Crippen molar-refractivity contribution in [3.05, 3.63) is 58.9 Å². The lowest BCUT2D eigenvalue weighted by Gasteiger charge is -2.09. The van der Waals surface area contributed by atoms with Gasteiger partial charge in [0.05, 0.1) is 6.61 Å². The fourth-order valence-corrected chi connectivity index (χ4v) is 3.76. The van der Waals surface area contributed by atoms with Gasteiger partial charge < -0.3 is 9.30 Å². The summed E-state index contributed by atoms with van der Waals surface area (Å²) in [6.07, 6.45) is 4.23. The summed E-state index contributed by atoms with van der Waals surface area (Å²) in [5.74, 6) is 0.729. The van der Waals surface area contributed by atoms with Crippen molar-refractivity contribution in [2.75, 3.05) is 11.9 Å². The van der Waals surface area contributed by atoms with E-state index in [1.54, 1.807) is 6.08 Å². The summed E-state index contributed by atoms with van der Waals surface area (Å²) in [7, 11) is 0. The van der Waals surface area contributed by atoms with Gasteiger partial charge in [0.25, 0.3) is 5.91 Å². The van der Waals surface area contributed by atoms with Crippen LogP contribution in [0.5, 0.6) is 5.75 Å². The van der Waals surface area contributed by atoms with Crippen LogP contribution in [0.1, 0.15) is 31.5 Å². The molecule has 0 unspecified atom stereocenters. The van der Waals surface area contributed by atoms with Crippen LogP contribution in [-0.4, -0.2) is 27.3 Å². The number of amides is 1. The molecule has 0 aliphatic heterocycles. The Hall–Kier alpha value is -3.44. The van der Waals surface area contributed by atoms with Gasteiger partial charge >= 0.3 is 0 Å². The maximum atomic E-state index is 12.6. The van der Waals surface area contributed by atoms with Crippen LogP contribution in [0.4, 0.5) is 5.13 Å². The lowest BCUT2D eigenvalue weighted by Crippen LogP contribution is -2.13. The predicted octanol–water partition coefficient (Wildman–Crippen LogP) is 4.47. The third kappa shape index (κ3) is 5.33. The average molecular weight is 422 g/mol. The van der Waals surface area contributed by atoms with E-state index in [-0.39, 0.29) is 5.57 Å². The largest absolute Gasteiger partial charge is 0.494 e. The van der Waals surface area contributed by atoms with E-state index in [0.29, 0.717) is 23.4 Å². The lowest BCUT2D eigenvalue weighted by atomic mass is 10.1. The minimum absolute atomic E-state index is 0.0125. The summed E-state index contributed by atoms with van der Waals surface area (Å²) >= 11 is 1.32. The molecule has 0 radical (unpaired) electrons. The number of nitrogens with one attached hydrogen (secondary N) is 1. The van der Waals surface area contributed by atoms with Crippen molar-refractivity contribution in [3.63, 3.8) is 0 Å². The summed E-state index contributed by atoms with van der Waals surface area (Å²) in [6.45, 7) is 6.72. The lowest BCUT2D eigenvalue weighted by molar-refractivity contribution is -0.112. The van der Waals surface area contributed by atoms with Gasteiger partial charge in [-0.2, -0.15) is 5.26 Å². The molecule has 1 amide bonds. The summed E-state index contributed by atoms with van der Waals surface area (Å²) in [6, 6.07) is 13.3. The van der Waals surface area contributed by atoms with E-state index in [1.165, 1.54) is 11.3 Å². The van der Waals surface area contributed by atoms with Crippen LogP contribution >= 0.6 is 11.3 Å². The Morgan fingerprint density at radius 3 is 2.73 bits per heavy atom. The molecule has 0 bridgehead atoms. The van der Waals surface area contributed by atoms with Crippen LogP contribution < -0.4 is 10.1 Å². The van der Waals surface area contributed by atoms with Gasteiger partial charge in [-0.15, -0.1) is 10.2 Å². The highest BCUT2D eigenvalue weighted by atomic mass is 32.1. The van der Waals surface area contributed by atoms with Gasteiger partial charge in [0.15, 0.2) is 0 Å². The monoisotopic (exact) mass is 421 g/mol. The predicted molar refractivity (Wildman–Crippen MR) is 118 cm³/mol. The van der Waals surface area contributed by atoms with Gasteiger partial charge in [-0.05, 0) is 55.3 Å². The number of aromatic nitrogens is 3. The standard InChI is InChI=1S/C22H23N5O2S/c1-4-29-19-9-7-17(8-10-19)27-11-5-6-18(27)13-16(14-23)21(28)24-22-26-25-20(30-22)12-15(2)3/h5-11,13,15H,4,12H2,1-3H3,(H,24,26,28). The van der Waals surface area contributed by atoms with Crippen molar-refractivity contribution < 1.29 is 9.53 Å². The number of rotatable bonds is 8. The average Bonchev–Trinajstić information content (AvgIpc) is 3.35. The van der Waals surface area contributed by atoms with Crippen LogP contribution in [0.3, 0.4) is 0 Å². The second-order valence-electron chi connectivity index (χ2n) is 6.95. The molecule has 0 aliphatic rings. The van der Waals surface area contributed by atoms with Crippen molar-refractivity contribution in [2.24, 2.45) is 5.92 Å². The fraction of sp³-hybridized carbons (Fsp3) is 0.273. The maximum Gasteiger partial charge on any atom is 0.268 e. The van der Waals surface area contributed by atoms with Gasteiger partial charge in [-0.25, -0.2) is 0 Å². The highest BCUT2D eigenvalue weighted by Crippen LogP contribution is 2.21. The molecule has 3 aromatic rings. The Labute approximate surface area is 179 Å². The summed E-state index contributed by atoms with van der Waals surface area (Å²) < 4.78 is 7.37. The smallest absolute Gasteiger partial charge is 0.268 e. The first-order valence-corrected chi connectivity index (χ1v) is 10.5. The quantitative estimate of drug-likeness (QED) is 0.428. The van der Waals surface area contributed by atoms with Crippen LogP contribution in [0.2, 0.25) is 0 Å². The Morgan fingerprint density at radius 1 is 1.30 bits per heavy atom. The number of carbonyl (C=O) groups excluding carboxylic acids is 1. The zero-order valence-electron chi connectivity index (χ0n) is 17.1. The number of anilines is 1. The number of nitriles is 1. The van der Waals surface area contributed by atoms with E-state index in [9.17, 15) is 10.1 Å². The van der Waals surface area contributed by atoms with E-state index in [0.717, 1.165) is 22.9 Å².